The highest BCUT2D eigenvalue weighted by atomic mass is 16.2. The van der Waals surface area contributed by atoms with Gasteiger partial charge in [-0.1, -0.05) is 12.2 Å². The third-order valence-corrected chi connectivity index (χ3v) is 4.60. The highest BCUT2D eigenvalue weighted by molar-refractivity contribution is 6.22. The molecule has 4 rings (SSSR count). The number of aromatic nitrogens is 1. The zero-order valence-corrected chi connectivity index (χ0v) is 10.6. The summed E-state index contributed by atoms with van der Waals surface area (Å²) in [6.07, 6.45) is 6.81. The number of hydrogen-bond acceptors (Lipinski definition) is 3. The predicted octanol–water partition coefficient (Wildman–Crippen LogP) is 1.70. The molecule has 4 heteroatoms. The van der Waals surface area contributed by atoms with Crippen LogP contribution < -0.4 is 4.90 Å². The Hall–Kier alpha value is -1.97. The standard InChI is InChI=1S/C15H14N2O2/c1-8-4-5-16-11(6-8)17-14(18)12-9-2-3-10(7-9)13(12)15(17)19/h2-6,9-10,12-13H,7H2,1H3/t9-,10-,12+,13+/m0/s1. The number of anilines is 1. The summed E-state index contributed by atoms with van der Waals surface area (Å²) in [5, 5.41) is 0. The molecule has 1 aromatic heterocycles. The first-order chi connectivity index (χ1) is 9.16. The molecule has 2 bridgehead atoms. The van der Waals surface area contributed by atoms with Crippen molar-refractivity contribution in [1.29, 1.82) is 0 Å². The lowest BCUT2D eigenvalue weighted by Crippen LogP contribution is -2.33. The fourth-order valence-corrected chi connectivity index (χ4v) is 3.77. The third kappa shape index (κ3) is 1.31. The molecule has 1 aliphatic heterocycles. The molecule has 2 heterocycles. The summed E-state index contributed by atoms with van der Waals surface area (Å²) in [6.45, 7) is 1.93. The molecular formula is C15H14N2O2. The molecule has 0 N–H and O–H groups in total. The second-order valence-corrected chi connectivity index (χ2v) is 5.70. The lowest BCUT2D eigenvalue weighted by molar-refractivity contribution is -0.123. The lowest BCUT2D eigenvalue weighted by atomic mass is 9.85. The first kappa shape index (κ1) is 10.9. The van der Waals surface area contributed by atoms with E-state index in [1.165, 1.54) is 4.90 Å². The minimum Gasteiger partial charge on any atom is -0.274 e. The zero-order chi connectivity index (χ0) is 13.1. The molecule has 2 aliphatic carbocycles. The number of rotatable bonds is 1. The number of amides is 2. The van der Waals surface area contributed by atoms with E-state index in [-0.39, 0.29) is 35.5 Å². The summed E-state index contributed by atoms with van der Waals surface area (Å²) in [5.74, 6) is 0.552. The second kappa shape index (κ2) is 3.53. The number of imide groups is 1. The minimum atomic E-state index is -0.148. The van der Waals surface area contributed by atoms with E-state index in [0.717, 1.165) is 12.0 Å². The Labute approximate surface area is 111 Å². The fourth-order valence-electron chi connectivity index (χ4n) is 3.77. The Morgan fingerprint density at radius 2 is 1.79 bits per heavy atom. The number of carbonyl (C=O) groups excluding carboxylic acids is 2. The molecule has 4 atom stereocenters. The number of carbonyl (C=O) groups is 2. The van der Waals surface area contributed by atoms with Gasteiger partial charge in [-0.15, -0.1) is 0 Å². The maximum Gasteiger partial charge on any atom is 0.239 e. The van der Waals surface area contributed by atoms with Crippen LogP contribution in [0.1, 0.15) is 12.0 Å². The van der Waals surface area contributed by atoms with E-state index >= 15 is 0 Å². The van der Waals surface area contributed by atoms with Crippen molar-refractivity contribution < 1.29 is 9.59 Å². The fraction of sp³-hybridized carbons (Fsp3) is 0.400. The van der Waals surface area contributed by atoms with Crippen LogP contribution in [0.5, 0.6) is 0 Å². The average molecular weight is 254 g/mol. The van der Waals surface area contributed by atoms with E-state index in [4.69, 9.17) is 0 Å². The van der Waals surface area contributed by atoms with Crippen molar-refractivity contribution >= 4 is 17.6 Å². The topological polar surface area (TPSA) is 50.3 Å². The van der Waals surface area contributed by atoms with Crippen LogP contribution in [0, 0.1) is 30.6 Å². The van der Waals surface area contributed by atoms with E-state index in [1.54, 1.807) is 12.3 Å². The van der Waals surface area contributed by atoms with Gasteiger partial charge >= 0.3 is 0 Å². The van der Waals surface area contributed by atoms with Crippen molar-refractivity contribution in [3.05, 3.63) is 36.0 Å². The molecule has 2 fully saturated rings. The molecule has 19 heavy (non-hydrogen) atoms. The Morgan fingerprint density at radius 1 is 1.16 bits per heavy atom. The van der Waals surface area contributed by atoms with Gasteiger partial charge in [0.1, 0.15) is 5.82 Å². The lowest BCUT2D eigenvalue weighted by Gasteiger charge is -2.16. The van der Waals surface area contributed by atoms with Gasteiger partial charge in [-0.05, 0) is 42.9 Å². The summed E-state index contributed by atoms with van der Waals surface area (Å²) < 4.78 is 0. The molecule has 1 saturated carbocycles. The Bertz CT molecular complexity index is 592. The van der Waals surface area contributed by atoms with Gasteiger partial charge in [0, 0.05) is 6.20 Å². The smallest absolute Gasteiger partial charge is 0.239 e. The molecule has 1 saturated heterocycles. The van der Waals surface area contributed by atoms with Crippen LogP contribution in [-0.4, -0.2) is 16.8 Å². The Balaban J connectivity index is 1.77. The first-order valence-corrected chi connectivity index (χ1v) is 6.65. The van der Waals surface area contributed by atoms with Crippen molar-refractivity contribution in [2.75, 3.05) is 4.90 Å². The molecular weight excluding hydrogens is 240 g/mol. The number of pyridine rings is 1. The molecule has 0 spiro atoms. The number of aryl methyl sites for hydroxylation is 1. The van der Waals surface area contributed by atoms with Crippen LogP contribution in [0.25, 0.3) is 0 Å². The number of allylic oxidation sites excluding steroid dienone is 2. The molecule has 96 valence electrons. The van der Waals surface area contributed by atoms with Crippen LogP contribution >= 0.6 is 0 Å². The van der Waals surface area contributed by atoms with Crippen LogP contribution in [0.4, 0.5) is 5.82 Å². The molecule has 1 aromatic rings. The van der Waals surface area contributed by atoms with Gasteiger partial charge in [-0.3, -0.25) is 9.59 Å². The van der Waals surface area contributed by atoms with Crippen molar-refractivity contribution in [1.82, 2.24) is 4.98 Å². The van der Waals surface area contributed by atoms with E-state index < -0.39 is 0 Å². The predicted molar refractivity (Wildman–Crippen MR) is 69.2 cm³/mol. The molecule has 4 nitrogen and oxygen atoms in total. The normalized spacial score (nSPS) is 35.3. The number of nitrogens with zero attached hydrogens (tertiary/aromatic N) is 2. The van der Waals surface area contributed by atoms with Crippen molar-refractivity contribution in [2.24, 2.45) is 23.7 Å². The highest BCUT2D eigenvalue weighted by Gasteiger charge is 2.59. The quantitative estimate of drug-likeness (QED) is 0.566. The first-order valence-electron chi connectivity index (χ1n) is 6.65. The number of hydrogen-bond donors (Lipinski definition) is 0. The van der Waals surface area contributed by atoms with Gasteiger partial charge in [0.25, 0.3) is 0 Å². The number of fused-ring (bicyclic) bond motifs is 5. The van der Waals surface area contributed by atoms with Gasteiger partial charge in [-0.25, -0.2) is 9.88 Å². The summed E-state index contributed by atoms with van der Waals surface area (Å²) in [6, 6.07) is 3.66. The summed E-state index contributed by atoms with van der Waals surface area (Å²) in [5.41, 5.74) is 1.00. The Kier molecular flexibility index (Phi) is 2.03. The van der Waals surface area contributed by atoms with Crippen LogP contribution in [-0.2, 0) is 9.59 Å². The van der Waals surface area contributed by atoms with E-state index in [9.17, 15) is 9.59 Å². The highest BCUT2D eigenvalue weighted by Crippen LogP contribution is 2.52. The third-order valence-electron chi connectivity index (χ3n) is 4.60. The minimum absolute atomic E-state index is 0.0649. The molecule has 3 aliphatic rings. The van der Waals surface area contributed by atoms with Gasteiger partial charge in [0.15, 0.2) is 0 Å². The maximum atomic E-state index is 12.5. The van der Waals surface area contributed by atoms with Crippen molar-refractivity contribution in [3.8, 4) is 0 Å². The van der Waals surface area contributed by atoms with Crippen LogP contribution in [0.15, 0.2) is 30.5 Å². The molecule has 0 unspecified atom stereocenters. The van der Waals surface area contributed by atoms with Crippen LogP contribution in [0.2, 0.25) is 0 Å². The van der Waals surface area contributed by atoms with Gasteiger partial charge in [0.2, 0.25) is 11.8 Å². The molecule has 0 aromatic carbocycles. The monoisotopic (exact) mass is 254 g/mol. The zero-order valence-electron chi connectivity index (χ0n) is 10.6. The van der Waals surface area contributed by atoms with E-state index in [1.807, 2.05) is 13.0 Å². The summed E-state index contributed by atoms with van der Waals surface area (Å²) in [7, 11) is 0. The SMILES string of the molecule is Cc1ccnc(N2C(=O)[C@H]3[C@H](C2=O)[C@H]2C=C[C@H]3C2)c1. The summed E-state index contributed by atoms with van der Waals surface area (Å²) >= 11 is 0. The summed E-state index contributed by atoms with van der Waals surface area (Å²) in [4.78, 5) is 30.5. The largest absolute Gasteiger partial charge is 0.274 e. The Morgan fingerprint density at radius 3 is 2.37 bits per heavy atom. The van der Waals surface area contributed by atoms with Gasteiger partial charge < -0.3 is 0 Å². The van der Waals surface area contributed by atoms with E-state index in [2.05, 4.69) is 17.1 Å². The van der Waals surface area contributed by atoms with Crippen molar-refractivity contribution in [2.45, 2.75) is 13.3 Å². The van der Waals surface area contributed by atoms with Gasteiger partial charge in [-0.2, -0.15) is 0 Å². The van der Waals surface area contributed by atoms with Gasteiger partial charge in [0.05, 0.1) is 11.8 Å². The maximum absolute atomic E-state index is 12.5. The van der Waals surface area contributed by atoms with Crippen LogP contribution in [0.3, 0.4) is 0 Å². The average Bonchev–Trinajstić information content (AvgIpc) is 3.04. The second-order valence-electron chi connectivity index (χ2n) is 5.70. The molecule has 0 radical (unpaired) electrons. The van der Waals surface area contributed by atoms with E-state index in [0.29, 0.717) is 5.82 Å². The molecule has 2 amide bonds. The van der Waals surface area contributed by atoms with Crippen molar-refractivity contribution in [3.63, 3.8) is 0 Å².